The Balaban J connectivity index is -0.0000000720. The van der Waals surface area contributed by atoms with Crippen molar-refractivity contribution >= 4 is 24.4 Å². The van der Waals surface area contributed by atoms with Crippen molar-refractivity contribution in [2.24, 2.45) is 0 Å². The molecule has 0 aromatic heterocycles. The van der Waals surface area contributed by atoms with Crippen LogP contribution in [-0.2, 0) is 0 Å². The topological polar surface area (TPSA) is 235 Å². The molecule has 11 N–H and O–H groups in total. The quantitative estimate of drug-likeness (QED) is 0.239. The zero-order valence-electron chi connectivity index (χ0n) is 9.75. The Morgan fingerprint density at radius 2 is 1.22 bits per heavy atom. The summed E-state index contributed by atoms with van der Waals surface area (Å²) in [5.41, 5.74) is 0. The Morgan fingerprint density at radius 1 is 0.889 bits per heavy atom. The van der Waals surface area contributed by atoms with E-state index < -0.39 is 31.0 Å². The second-order valence-corrected chi connectivity index (χ2v) is 2.86. The van der Waals surface area contributed by atoms with Gasteiger partial charge in [-0.1, -0.05) is 0 Å². The molecule has 0 aliphatic rings. The molecule has 0 spiro atoms. The first-order chi connectivity index (χ1) is 6.04. The van der Waals surface area contributed by atoms with Gasteiger partial charge in [0.05, 0.1) is 12.7 Å². The summed E-state index contributed by atoms with van der Waals surface area (Å²) in [4.78, 5) is 0. The van der Waals surface area contributed by atoms with Crippen LogP contribution in [0.2, 0.25) is 0 Å². The SMILES string of the molecule is CNCC(O)C(O)C(O)C(O)CO.O.[OH-].[OH-].[OH-].[Sb+3]. The van der Waals surface area contributed by atoms with Gasteiger partial charge in [-0.05, 0) is 7.05 Å². The Bertz CT molecular complexity index is 144. The van der Waals surface area contributed by atoms with Crippen LogP contribution in [0, 0.1) is 0 Å². The van der Waals surface area contributed by atoms with Gasteiger partial charge in [-0.3, -0.25) is 0 Å². The molecule has 0 amide bonds. The smallest absolute Gasteiger partial charge is 0.870 e. The minimum Gasteiger partial charge on any atom is -0.870 e. The van der Waals surface area contributed by atoms with Gasteiger partial charge in [0, 0.05) is 6.54 Å². The van der Waals surface area contributed by atoms with Crippen LogP contribution in [0.15, 0.2) is 0 Å². The monoisotopic (exact) mass is 385 g/mol. The average Bonchev–Trinajstić information content (AvgIpc) is 2.14. The zero-order chi connectivity index (χ0) is 10.4. The zero-order valence-corrected chi connectivity index (χ0v) is 12.3. The minimum absolute atomic E-state index is 0. The molecular weight excluding hydrogens is 364 g/mol. The first-order valence-corrected chi connectivity index (χ1v) is 4.02. The largest absolute Gasteiger partial charge is 3.00 e. The summed E-state index contributed by atoms with van der Waals surface area (Å²) in [6, 6.07) is 0. The summed E-state index contributed by atoms with van der Waals surface area (Å²) in [5.74, 6) is 0. The molecule has 0 heterocycles. The molecule has 0 saturated carbocycles. The van der Waals surface area contributed by atoms with Gasteiger partial charge in [0.25, 0.3) is 0 Å². The van der Waals surface area contributed by atoms with E-state index in [2.05, 4.69) is 5.32 Å². The molecule has 18 heavy (non-hydrogen) atoms. The molecule has 0 aromatic carbocycles. The van der Waals surface area contributed by atoms with E-state index in [1.54, 1.807) is 7.05 Å². The van der Waals surface area contributed by atoms with Crippen molar-refractivity contribution < 1.29 is 47.4 Å². The van der Waals surface area contributed by atoms with Gasteiger partial charge in [0.1, 0.15) is 18.3 Å². The Morgan fingerprint density at radius 3 is 1.50 bits per heavy atom. The molecule has 0 rings (SSSR count). The van der Waals surface area contributed by atoms with Crippen molar-refractivity contribution in [1.29, 1.82) is 0 Å². The van der Waals surface area contributed by atoms with Crippen LogP contribution in [0.1, 0.15) is 0 Å². The summed E-state index contributed by atoms with van der Waals surface area (Å²) in [7, 11) is 1.57. The second-order valence-electron chi connectivity index (χ2n) is 2.86. The molecule has 0 aromatic rings. The van der Waals surface area contributed by atoms with E-state index in [1.165, 1.54) is 0 Å². The van der Waals surface area contributed by atoms with Crippen molar-refractivity contribution in [3.63, 3.8) is 0 Å². The van der Waals surface area contributed by atoms with Crippen molar-refractivity contribution in [3.05, 3.63) is 0 Å². The molecule has 114 valence electrons. The van der Waals surface area contributed by atoms with Crippen LogP contribution in [0.3, 0.4) is 0 Å². The summed E-state index contributed by atoms with van der Waals surface area (Å²) < 4.78 is 0. The summed E-state index contributed by atoms with van der Waals surface area (Å²) >= 11 is 0. The normalized spacial score (nSPS) is 15.0. The van der Waals surface area contributed by atoms with Gasteiger partial charge in [-0.2, -0.15) is 0 Å². The predicted octanol–water partition coefficient (Wildman–Crippen LogP) is -5.09. The van der Waals surface area contributed by atoms with E-state index in [9.17, 15) is 5.11 Å². The second kappa shape index (κ2) is 19.8. The number of hydrogen-bond acceptors (Lipinski definition) is 9. The number of nitrogens with one attached hydrogen (secondary N) is 1. The molecule has 0 bridgehead atoms. The van der Waals surface area contributed by atoms with Gasteiger partial charge in [-0.25, -0.2) is 0 Å². The first-order valence-electron chi connectivity index (χ1n) is 4.02. The van der Waals surface area contributed by atoms with Gasteiger partial charge < -0.3 is 52.8 Å². The Hall–Kier alpha value is 0.418. The summed E-state index contributed by atoms with van der Waals surface area (Å²) in [6.45, 7) is -0.569. The van der Waals surface area contributed by atoms with Gasteiger partial charge >= 0.3 is 24.4 Å². The van der Waals surface area contributed by atoms with E-state index >= 15 is 0 Å². The maximum absolute atomic E-state index is 9.21. The van der Waals surface area contributed by atoms with Crippen molar-refractivity contribution in [2.75, 3.05) is 20.2 Å². The van der Waals surface area contributed by atoms with Crippen LogP contribution in [0.5, 0.6) is 0 Å². The summed E-state index contributed by atoms with van der Waals surface area (Å²) in [5, 5.41) is 47.5. The third-order valence-electron chi connectivity index (χ3n) is 1.74. The molecule has 4 unspecified atom stereocenters. The van der Waals surface area contributed by atoms with E-state index in [0.717, 1.165) is 0 Å². The number of aliphatic hydroxyl groups excluding tert-OH is 5. The average molecular weight is 386 g/mol. The van der Waals surface area contributed by atoms with Crippen molar-refractivity contribution in [2.45, 2.75) is 24.4 Å². The standard InChI is InChI=1S/C7H17NO5.4H2O.Sb/c1-8-2-4(10)6(12)7(13)5(11)3-9;;;;;/h4-13H,2-3H2,1H3;4*1H2;/q;;;;;+3/p-3. The molecule has 0 aliphatic carbocycles. The molecule has 0 saturated heterocycles. The van der Waals surface area contributed by atoms with Crippen molar-refractivity contribution in [3.8, 4) is 0 Å². The van der Waals surface area contributed by atoms with Crippen molar-refractivity contribution in [1.82, 2.24) is 5.32 Å². The fourth-order valence-corrected chi connectivity index (χ4v) is 0.893. The maximum Gasteiger partial charge on any atom is 3.00 e. The van der Waals surface area contributed by atoms with E-state index in [4.69, 9.17) is 20.4 Å². The van der Waals surface area contributed by atoms with Crippen LogP contribution < -0.4 is 5.32 Å². The number of hydrogen-bond donors (Lipinski definition) is 6. The van der Waals surface area contributed by atoms with Gasteiger partial charge in [0.15, 0.2) is 0 Å². The molecule has 0 fully saturated rings. The molecular formula is C7H22NO9Sb. The summed E-state index contributed by atoms with van der Waals surface area (Å²) in [6.07, 6.45) is -5.65. The number of likely N-dealkylation sites (N-methyl/N-ethyl adjacent to an activating group) is 1. The first kappa shape index (κ1) is 36.2. The van der Waals surface area contributed by atoms with Crippen LogP contribution >= 0.6 is 0 Å². The third kappa shape index (κ3) is 12.9. The predicted molar refractivity (Wildman–Crippen MR) is 60.2 cm³/mol. The fourth-order valence-electron chi connectivity index (χ4n) is 0.893. The van der Waals surface area contributed by atoms with Crippen LogP contribution in [0.4, 0.5) is 0 Å². The third-order valence-corrected chi connectivity index (χ3v) is 1.74. The van der Waals surface area contributed by atoms with E-state index in [0.29, 0.717) is 0 Å². The fraction of sp³-hybridized carbons (Fsp3) is 1.00. The number of rotatable bonds is 6. The van der Waals surface area contributed by atoms with Gasteiger partial charge in [-0.15, -0.1) is 0 Å². The molecule has 4 atom stereocenters. The van der Waals surface area contributed by atoms with Gasteiger partial charge in [0.2, 0.25) is 0 Å². The Kier molecular flexibility index (Phi) is 39.8. The molecule has 0 aliphatic heterocycles. The van der Waals surface area contributed by atoms with Crippen LogP contribution in [-0.4, -0.2) is 116 Å². The molecule has 11 heteroatoms. The maximum atomic E-state index is 9.21. The molecule has 2 radical (unpaired) electrons. The Labute approximate surface area is 122 Å². The molecule has 10 nitrogen and oxygen atoms in total. The van der Waals surface area contributed by atoms with E-state index in [-0.39, 0.29) is 52.9 Å². The van der Waals surface area contributed by atoms with Crippen LogP contribution in [0.25, 0.3) is 0 Å². The van der Waals surface area contributed by atoms with E-state index in [1.807, 2.05) is 0 Å². The minimum atomic E-state index is -1.55. The number of aliphatic hydroxyl groups is 5.